The molecule has 0 aliphatic rings. The third-order valence-electron chi connectivity index (χ3n) is 2.97. The van der Waals surface area contributed by atoms with Crippen LogP contribution >= 0.6 is 0 Å². The fraction of sp³-hybridized carbons (Fsp3) is 0.154. The number of halogens is 2. The molecule has 0 atom stereocenters. The summed E-state index contributed by atoms with van der Waals surface area (Å²) in [5.41, 5.74) is 2.23. The van der Waals surface area contributed by atoms with Gasteiger partial charge in [0.1, 0.15) is 17.7 Å². The first-order chi connectivity index (χ1) is 10.1. The molecule has 1 amide bonds. The Morgan fingerprint density at radius 2 is 2.24 bits per heavy atom. The van der Waals surface area contributed by atoms with Gasteiger partial charge in [0.25, 0.3) is 12.3 Å². The Labute approximate surface area is 120 Å². The van der Waals surface area contributed by atoms with E-state index in [1.54, 1.807) is 18.5 Å². The Morgan fingerprint density at radius 1 is 1.38 bits per heavy atom. The Bertz CT molecular complexity index is 789. The molecule has 0 saturated carbocycles. The van der Waals surface area contributed by atoms with E-state index in [9.17, 15) is 13.6 Å². The molecular formula is C13H15F2N5O. The first kappa shape index (κ1) is 13.2. The van der Waals surface area contributed by atoms with Gasteiger partial charge in [0, 0.05) is 26.2 Å². The number of H-pyrrole nitrogens is 2. The lowest BCUT2D eigenvalue weighted by atomic mass is 10.1. The van der Waals surface area contributed by atoms with Gasteiger partial charge in [-0.05, 0) is 12.1 Å². The number of nitrogens with one attached hydrogen (secondary N) is 3. The number of fused-ring (bicyclic) bond motifs is 1. The number of nitrogens with zero attached hydrogens (tertiary/aromatic N) is 2. The van der Waals surface area contributed by atoms with Crippen LogP contribution in [0.3, 0.4) is 0 Å². The van der Waals surface area contributed by atoms with Crippen LogP contribution in [0.4, 0.5) is 8.78 Å². The zero-order chi connectivity index (χ0) is 14.8. The van der Waals surface area contributed by atoms with E-state index in [4.69, 9.17) is 0 Å². The van der Waals surface area contributed by atoms with Crippen molar-refractivity contribution >= 4 is 16.9 Å². The van der Waals surface area contributed by atoms with Crippen LogP contribution in [0.1, 0.15) is 13.3 Å². The molecule has 8 heteroatoms. The predicted octanol–water partition coefficient (Wildman–Crippen LogP) is 2.44. The van der Waals surface area contributed by atoms with Crippen molar-refractivity contribution < 1.29 is 16.4 Å². The van der Waals surface area contributed by atoms with Crippen LogP contribution in [0.2, 0.25) is 0 Å². The van der Waals surface area contributed by atoms with E-state index in [-0.39, 0.29) is 8.55 Å². The second kappa shape index (κ2) is 5.31. The van der Waals surface area contributed by atoms with Gasteiger partial charge >= 0.3 is 0 Å². The van der Waals surface area contributed by atoms with Gasteiger partial charge < -0.3 is 15.3 Å². The van der Waals surface area contributed by atoms with Gasteiger partial charge in [0.15, 0.2) is 0 Å². The summed E-state index contributed by atoms with van der Waals surface area (Å²) >= 11 is 0. The summed E-state index contributed by atoms with van der Waals surface area (Å²) in [7, 11) is 0. The molecule has 0 saturated heterocycles. The van der Waals surface area contributed by atoms with Crippen LogP contribution in [0.15, 0.2) is 30.9 Å². The lowest BCUT2D eigenvalue weighted by Gasteiger charge is -2.01. The van der Waals surface area contributed by atoms with Crippen molar-refractivity contribution in [3.05, 3.63) is 36.5 Å². The van der Waals surface area contributed by atoms with Gasteiger partial charge in [-0.3, -0.25) is 4.79 Å². The van der Waals surface area contributed by atoms with Crippen molar-refractivity contribution in [1.82, 2.24) is 25.3 Å². The largest absolute Gasteiger partial charge is 0.357 e. The molecule has 112 valence electrons. The van der Waals surface area contributed by atoms with E-state index in [2.05, 4.69) is 25.3 Å². The van der Waals surface area contributed by atoms with Crippen molar-refractivity contribution in [1.29, 1.82) is 0 Å². The molecule has 0 spiro atoms. The summed E-state index contributed by atoms with van der Waals surface area (Å²) in [6, 6.07) is 3.39. The zero-order valence-corrected chi connectivity index (χ0v) is 10.7. The number of aromatic amines is 2. The highest BCUT2D eigenvalue weighted by Gasteiger charge is 2.14. The summed E-state index contributed by atoms with van der Waals surface area (Å²) in [6.45, 7) is -0.678. The molecule has 0 bridgehead atoms. The first-order valence-corrected chi connectivity index (χ1v) is 6.18. The SMILES string of the molecule is O=C(NCC(F)F)c1cc(-c2ncnc3[nH]ccc23)c[nH]1.[HH].[HH]. The van der Waals surface area contributed by atoms with Crippen LogP contribution in [0.25, 0.3) is 22.3 Å². The molecule has 3 N–H and O–H groups in total. The molecule has 6 nitrogen and oxygen atoms in total. The Kier molecular flexibility index (Phi) is 3.35. The van der Waals surface area contributed by atoms with Crippen LogP contribution in [0.5, 0.6) is 0 Å². The standard InChI is InChI=1S/C13H11F2N5O.2H2/c14-10(15)5-18-13(21)9-3-7(4-17-9)11-8-1-2-16-12(8)20-6-19-11;;/h1-4,6,10,17H,5H2,(H,18,21)(H,16,19,20);2*1H. The van der Waals surface area contributed by atoms with Crippen LogP contribution < -0.4 is 5.32 Å². The second-order valence-corrected chi connectivity index (χ2v) is 4.37. The average Bonchev–Trinajstić information content (AvgIpc) is 3.12. The highest BCUT2D eigenvalue weighted by atomic mass is 19.3. The number of hydrogen-bond acceptors (Lipinski definition) is 3. The topological polar surface area (TPSA) is 86.5 Å². The highest BCUT2D eigenvalue weighted by molar-refractivity contribution is 5.96. The highest BCUT2D eigenvalue weighted by Crippen LogP contribution is 2.25. The van der Waals surface area contributed by atoms with E-state index in [1.165, 1.54) is 6.33 Å². The Morgan fingerprint density at radius 3 is 3.05 bits per heavy atom. The summed E-state index contributed by atoms with van der Waals surface area (Å²) in [4.78, 5) is 25.7. The lowest BCUT2D eigenvalue weighted by Crippen LogP contribution is -2.28. The number of aromatic nitrogens is 4. The minimum atomic E-state index is -2.58. The van der Waals surface area contributed by atoms with E-state index in [0.717, 1.165) is 5.39 Å². The van der Waals surface area contributed by atoms with Crippen LogP contribution in [-0.2, 0) is 0 Å². The second-order valence-electron chi connectivity index (χ2n) is 4.37. The molecule has 3 aromatic rings. The number of hydrogen-bond donors (Lipinski definition) is 3. The Hall–Kier alpha value is -2.77. The quantitative estimate of drug-likeness (QED) is 0.691. The van der Waals surface area contributed by atoms with Gasteiger partial charge in [-0.15, -0.1) is 0 Å². The summed E-state index contributed by atoms with van der Waals surface area (Å²) in [5, 5.41) is 2.95. The number of carbonyl (C=O) groups excluding carboxylic acids is 1. The molecule has 3 aromatic heterocycles. The normalized spacial score (nSPS) is 11.2. The number of rotatable bonds is 4. The van der Waals surface area contributed by atoms with Crippen LogP contribution in [0, 0.1) is 0 Å². The third-order valence-corrected chi connectivity index (χ3v) is 2.97. The molecular weight excluding hydrogens is 280 g/mol. The van der Waals surface area contributed by atoms with Crippen molar-refractivity contribution in [3.8, 4) is 11.3 Å². The van der Waals surface area contributed by atoms with Crippen molar-refractivity contribution in [2.75, 3.05) is 6.54 Å². The monoisotopic (exact) mass is 295 g/mol. The average molecular weight is 295 g/mol. The minimum absolute atomic E-state index is 0. The molecule has 0 aliphatic heterocycles. The summed E-state index contributed by atoms with van der Waals surface area (Å²) in [6.07, 6.45) is 2.18. The molecule has 3 rings (SSSR count). The molecule has 21 heavy (non-hydrogen) atoms. The predicted molar refractivity (Wildman–Crippen MR) is 76.2 cm³/mol. The van der Waals surface area contributed by atoms with Gasteiger partial charge in [0.2, 0.25) is 0 Å². The van der Waals surface area contributed by atoms with Crippen molar-refractivity contribution in [3.63, 3.8) is 0 Å². The zero-order valence-electron chi connectivity index (χ0n) is 10.7. The number of alkyl halides is 2. The van der Waals surface area contributed by atoms with Gasteiger partial charge in [-0.2, -0.15) is 0 Å². The molecule has 3 heterocycles. The number of amides is 1. The smallest absolute Gasteiger partial charge is 0.267 e. The maximum absolute atomic E-state index is 12.1. The molecule has 0 radical (unpaired) electrons. The van der Waals surface area contributed by atoms with E-state index in [1.807, 2.05) is 6.07 Å². The molecule has 0 fully saturated rings. The molecule has 0 aliphatic carbocycles. The summed E-state index contributed by atoms with van der Waals surface area (Å²) < 4.78 is 24.1. The van der Waals surface area contributed by atoms with Gasteiger partial charge in [-0.1, -0.05) is 0 Å². The fourth-order valence-corrected chi connectivity index (χ4v) is 2.03. The molecule has 0 aromatic carbocycles. The maximum atomic E-state index is 12.1. The number of carbonyl (C=O) groups is 1. The minimum Gasteiger partial charge on any atom is -0.357 e. The van der Waals surface area contributed by atoms with Crippen LogP contribution in [-0.4, -0.2) is 38.8 Å². The molecule has 0 unspecified atom stereocenters. The van der Waals surface area contributed by atoms with E-state index in [0.29, 0.717) is 16.9 Å². The first-order valence-electron chi connectivity index (χ1n) is 6.18. The fourth-order valence-electron chi connectivity index (χ4n) is 2.03. The van der Waals surface area contributed by atoms with E-state index < -0.39 is 18.9 Å². The van der Waals surface area contributed by atoms with Gasteiger partial charge in [-0.25, -0.2) is 18.7 Å². The summed E-state index contributed by atoms with van der Waals surface area (Å²) in [5.74, 6) is -0.582. The van der Waals surface area contributed by atoms with E-state index >= 15 is 0 Å². The maximum Gasteiger partial charge on any atom is 0.267 e. The Balaban J connectivity index is 0.00000132. The third kappa shape index (κ3) is 2.60. The van der Waals surface area contributed by atoms with Crippen molar-refractivity contribution in [2.24, 2.45) is 0 Å². The van der Waals surface area contributed by atoms with Crippen molar-refractivity contribution in [2.45, 2.75) is 6.43 Å². The van der Waals surface area contributed by atoms with Gasteiger partial charge in [0.05, 0.1) is 12.2 Å². The lowest BCUT2D eigenvalue weighted by molar-refractivity contribution is 0.0887.